The van der Waals surface area contributed by atoms with E-state index in [0.29, 0.717) is 27.2 Å². The normalized spacial score (nSPS) is 11.3. The highest BCUT2D eigenvalue weighted by molar-refractivity contribution is 7.21. The van der Waals surface area contributed by atoms with Crippen LogP contribution in [-0.2, 0) is 4.74 Å². The third kappa shape index (κ3) is 5.01. The van der Waals surface area contributed by atoms with Gasteiger partial charge in [-0.3, -0.25) is 10.1 Å². The molecule has 3 rings (SSSR count). The Bertz CT molecular complexity index is 1120. The summed E-state index contributed by atoms with van der Waals surface area (Å²) in [7, 11) is 1.46. The molecule has 0 saturated heterocycles. The second-order valence-corrected chi connectivity index (χ2v) is 8.81. The molecule has 2 N–H and O–H groups in total. The Balaban J connectivity index is 1.83. The molecule has 0 aliphatic carbocycles. The van der Waals surface area contributed by atoms with Crippen LogP contribution in [0, 0.1) is 5.82 Å². The molecule has 0 fully saturated rings. The third-order valence-corrected chi connectivity index (χ3v) is 5.55. The second-order valence-electron chi connectivity index (χ2n) is 7.38. The van der Waals surface area contributed by atoms with Crippen molar-refractivity contribution in [2.75, 3.05) is 17.7 Å². The topological polar surface area (TPSA) is 76.7 Å². The summed E-state index contributed by atoms with van der Waals surface area (Å²) < 4.78 is 24.5. The number of anilines is 2. The molecule has 9 heteroatoms. The predicted octanol–water partition coefficient (Wildman–Crippen LogP) is 6.30. The molecule has 1 heterocycles. The van der Waals surface area contributed by atoms with Crippen LogP contribution in [0.25, 0.3) is 10.1 Å². The van der Waals surface area contributed by atoms with Crippen molar-refractivity contribution < 1.29 is 23.5 Å². The number of nitrogens with one attached hydrogen (secondary N) is 2. The van der Waals surface area contributed by atoms with Crippen molar-refractivity contribution in [3.05, 3.63) is 52.1 Å². The van der Waals surface area contributed by atoms with Gasteiger partial charge >= 0.3 is 6.09 Å². The van der Waals surface area contributed by atoms with E-state index in [-0.39, 0.29) is 9.90 Å². The Morgan fingerprint density at radius 1 is 1.10 bits per heavy atom. The Hall–Kier alpha value is -2.84. The van der Waals surface area contributed by atoms with E-state index in [1.165, 1.54) is 25.3 Å². The monoisotopic (exact) mass is 450 g/mol. The number of carbonyl (C=O) groups is 2. The highest BCUT2D eigenvalue weighted by Gasteiger charge is 2.20. The standard InChI is InChI=1S/C21H20ClFN2O4S/c1-21(2,3)29-20(27)25-14-10-12(6-8-15(14)28-4)24-19(26)18-17(22)13-7-5-11(23)9-16(13)30-18/h5-10H,1-4H3,(H,24,26)(H,25,27). The summed E-state index contributed by atoms with van der Waals surface area (Å²) in [5.41, 5.74) is 0.0706. The number of thiophene rings is 1. The van der Waals surface area contributed by atoms with Gasteiger partial charge in [-0.05, 0) is 57.2 Å². The average Bonchev–Trinajstić information content (AvgIpc) is 2.96. The van der Waals surface area contributed by atoms with Crippen molar-refractivity contribution >= 4 is 56.4 Å². The van der Waals surface area contributed by atoms with Crippen LogP contribution in [-0.4, -0.2) is 24.7 Å². The zero-order chi connectivity index (χ0) is 22.1. The van der Waals surface area contributed by atoms with Gasteiger partial charge in [0, 0.05) is 15.8 Å². The maximum absolute atomic E-state index is 13.5. The molecule has 0 saturated carbocycles. The van der Waals surface area contributed by atoms with Crippen molar-refractivity contribution in [3.63, 3.8) is 0 Å². The van der Waals surface area contributed by atoms with Crippen LogP contribution in [0.5, 0.6) is 5.75 Å². The number of ether oxygens (including phenoxy) is 2. The van der Waals surface area contributed by atoms with E-state index >= 15 is 0 Å². The van der Waals surface area contributed by atoms with Gasteiger partial charge in [-0.15, -0.1) is 11.3 Å². The number of halogens is 2. The van der Waals surface area contributed by atoms with Crippen LogP contribution in [0.3, 0.4) is 0 Å². The fourth-order valence-corrected chi connectivity index (χ4v) is 4.11. The van der Waals surface area contributed by atoms with E-state index in [4.69, 9.17) is 21.1 Å². The van der Waals surface area contributed by atoms with Gasteiger partial charge in [-0.1, -0.05) is 11.6 Å². The first-order valence-corrected chi connectivity index (χ1v) is 10.1. The van der Waals surface area contributed by atoms with Gasteiger partial charge in [0.05, 0.1) is 17.8 Å². The van der Waals surface area contributed by atoms with E-state index in [1.54, 1.807) is 39.0 Å². The number of fused-ring (bicyclic) bond motifs is 1. The lowest BCUT2D eigenvalue weighted by Gasteiger charge is -2.20. The lowest BCUT2D eigenvalue weighted by Crippen LogP contribution is -2.27. The fourth-order valence-electron chi connectivity index (χ4n) is 2.67. The lowest BCUT2D eigenvalue weighted by molar-refractivity contribution is 0.0635. The van der Waals surface area contributed by atoms with Crippen LogP contribution in [0.15, 0.2) is 36.4 Å². The zero-order valence-corrected chi connectivity index (χ0v) is 18.3. The van der Waals surface area contributed by atoms with E-state index in [0.717, 1.165) is 11.3 Å². The summed E-state index contributed by atoms with van der Waals surface area (Å²) in [5.74, 6) is -0.454. The molecule has 158 valence electrons. The van der Waals surface area contributed by atoms with Crippen LogP contribution < -0.4 is 15.4 Å². The first-order chi connectivity index (χ1) is 14.1. The van der Waals surface area contributed by atoms with Crippen LogP contribution in [0.1, 0.15) is 30.4 Å². The summed E-state index contributed by atoms with van der Waals surface area (Å²) in [6, 6.07) is 8.93. The summed E-state index contributed by atoms with van der Waals surface area (Å²) in [4.78, 5) is 25.1. The number of hydrogen-bond acceptors (Lipinski definition) is 5. The van der Waals surface area contributed by atoms with Crippen molar-refractivity contribution in [3.8, 4) is 5.75 Å². The van der Waals surface area contributed by atoms with Crippen LogP contribution >= 0.6 is 22.9 Å². The summed E-state index contributed by atoms with van der Waals surface area (Å²) in [6.45, 7) is 5.25. The first kappa shape index (κ1) is 21.9. The predicted molar refractivity (Wildman–Crippen MR) is 118 cm³/mol. The molecule has 0 bridgehead atoms. The maximum atomic E-state index is 13.5. The molecule has 0 unspecified atom stereocenters. The average molecular weight is 451 g/mol. The fraction of sp³-hybridized carbons (Fsp3) is 0.238. The molecule has 2 aromatic carbocycles. The summed E-state index contributed by atoms with van der Waals surface area (Å²) in [6.07, 6.45) is -0.654. The first-order valence-electron chi connectivity index (χ1n) is 8.94. The lowest BCUT2D eigenvalue weighted by atomic mass is 10.2. The van der Waals surface area contributed by atoms with E-state index in [1.807, 2.05) is 0 Å². The van der Waals surface area contributed by atoms with Gasteiger partial charge in [0.15, 0.2) is 0 Å². The SMILES string of the molecule is COc1ccc(NC(=O)c2sc3cc(F)ccc3c2Cl)cc1NC(=O)OC(C)(C)C. The number of amides is 2. The number of carbonyl (C=O) groups excluding carboxylic acids is 2. The maximum Gasteiger partial charge on any atom is 0.412 e. The Kier molecular flexibility index (Phi) is 6.19. The van der Waals surface area contributed by atoms with E-state index in [2.05, 4.69) is 10.6 Å². The summed E-state index contributed by atoms with van der Waals surface area (Å²) >= 11 is 7.41. The van der Waals surface area contributed by atoms with Gasteiger partial charge in [-0.2, -0.15) is 0 Å². The zero-order valence-electron chi connectivity index (χ0n) is 16.8. The molecule has 0 atom stereocenters. The molecule has 1 aromatic heterocycles. The minimum absolute atomic E-state index is 0.258. The van der Waals surface area contributed by atoms with Gasteiger partial charge in [0.1, 0.15) is 22.0 Å². The second kappa shape index (κ2) is 8.49. The Labute approximate surface area is 181 Å². The molecular formula is C21H20ClFN2O4S. The number of rotatable bonds is 4. The molecule has 6 nitrogen and oxygen atoms in total. The molecular weight excluding hydrogens is 431 g/mol. The molecule has 0 spiro atoms. The third-order valence-electron chi connectivity index (χ3n) is 3.89. The number of hydrogen-bond donors (Lipinski definition) is 2. The summed E-state index contributed by atoms with van der Waals surface area (Å²) in [5, 5.41) is 6.21. The van der Waals surface area contributed by atoms with E-state index < -0.39 is 23.4 Å². The van der Waals surface area contributed by atoms with Crippen LogP contribution in [0.4, 0.5) is 20.6 Å². The molecule has 0 aliphatic heterocycles. The van der Waals surface area contributed by atoms with Crippen LogP contribution in [0.2, 0.25) is 5.02 Å². The molecule has 2 amide bonds. The Morgan fingerprint density at radius 3 is 2.50 bits per heavy atom. The number of benzene rings is 2. The highest BCUT2D eigenvalue weighted by atomic mass is 35.5. The van der Waals surface area contributed by atoms with Gasteiger partial charge in [-0.25, -0.2) is 9.18 Å². The van der Waals surface area contributed by atoms with Crippen molar-refractivity contribution in [2.45, 2.75) is 26.4 Å². The smallest absolute Gasteiger partial charge is 0.412 e. The quantitative estimate of drug-likeness (QED) is 0.489. The molecule has 0 radical (unpaired) electrons. The largest absolute Gasteiger partial charge is 0.495 e. The minimum atomic E-state index is -0.666. The number of methoxy groups -OCH3 is 1. The van der Waals surface area contributed by atoms with Crippen molar-refractivity contribution in [1.29, 1.82) is 0 Å². The molecule has 3 aromatic rings. The van der Waals surface area contributed by atoms with Gasteiger partial charge in [0.25, 0.3) is 5.91 Å². The Morgan fingerprint density at radius 2 is 1.83 bits per heavy atom. The van der Waals surface area contributed by atoms with Gasteiger partial charge < -0.3 is 14.8 Å². The van der Waals surface area contributed by atoms with Gasteiger partial charge in [0.2, 0.25) is 0 Å². The molecule has 0 aliphatic rings. The van der Waals surface area contributed by atoms with E-state index in [9.17, 15) is 14.0 Å². The molecule has 30 heavy (non-hydrogen) atoms. The minimum Gasteiger partial charge on any atom is -0.495 e. The van der Waals surface area contributed by atoms with Crippen molar-refractivity contribution in [2.24, 2.45) is 0 Å². The van der Waals surface area contributed by atoms with Crippen molar-refractivity contribution in [1.82, 2.24) is 0 Å². The highest BCUT2D eigenvalue weighted by Crippen LogP contribution is 2.36.